The van der Waals surface area contributed by atoms with Crippen molar-refractivity contribution >= 4 is 15.9 Å². The van der Waals surface area contributed by atoms with Gasteiger partial charge in [0.1, 0.15) is 0 Å². The molecular weight excluding hydrogens is 360 g/mol. The van der Waals surface area contributed by atoms with Crippen LogP contribution in [-0.2, 0) is 6.61 Å². The molecule has 0 amide bonds. The lowest BCUT2D eigenvalue weighted by Gasteiger charge is -2.09. The van der Waals surface area contributed by atoms with Gasteiger partial charge in [-0.2, -0.15) is 0 Å². The first-order valence-electron chi connectivity index (χ1n) is 7.20. The number of hydrogen-bond donors (Lipinski definition) is 0. The lowest BCUT2D eigenvalue weighted by Crippen LogP contribution is -1.99. The van der Waals surface area contributed by atoms with Crippen LogP contribution in [0.25, 0.3) is 11.5 Å². The Hall–Kier alpha value is -2.34. The highest BCUT2D eigenvalue weighted by atomic mass is 79.9. The van der Waals surface area contributed by atoms with Gasteiger partial charge >= 0.3 is 0 Å². The Kier molecular flexibility index (Phi) is 4.92. The van der Waals surface area contributed by atoms with Crippen molar-refractivity contribution in [1.82, 2.24) is 10.2 Å². The van der Waals surface area contributed by atoms with Crippen LogP contribution >= 0.6 is 15.9 Å². The first-order chi connectivity index (χ1) is 11.3. The molecule has 1 heterocycles. The molecule has 0 aliphatic rings. The van der Waals surface area contributed by atoms with Crippen molar-refractivity contribution in [2.75, 3.05) is 6.61 Å². The van der Waals surface area contributed by atoms with Crippen LogP contribution in [0.5, 0.6) is 11.5 Å². The molecule has 0 aliphatic carbocycles. The normalized spacial score (nSPS) is 10.5. The maximum Gasteiger partial charge on any atom is 0.254 e. The number of benzene rings is 2. The van der Waals surface area contributed by atoms with E-state index in [2.05, 4.69) is 26.1 Å². The van der Waals surface area contributed by atoms with Crippen LogP contribution in [0.4, 0.5) is 0 Å². The third-order valence-electron chi connectivity index (χ3n) is 3.07. The predicted octanol–water partition coefficient (Wildman–Crippen LogP) is 4.48. The minimum absolute atomic E-state index is 0.182. The van der Waals surface area contributed by atoms with Crippen LogP contribution in [-0.4, -0.2) is 16.8 Å². The molecule has 0 atom stereocenters. The van der Waals surface area contributed by atoms with Crippen molar-refractivity contribution in [3.8, 4) is 23.0 Å². The summed E-state index contributed by atoms with van der Waals surface area (Å²) < 4.78 is 17.8. The van der Waals surface area contributed by atoms with Gasteiger partial charge in [0.25, 0.3) is 5.89 Å². The van der Waals surface area contributed by atoms with E-state index in [0.29, 0.717) is 29.9 Å². The molecular formula is C17H15BrN2O3. The van der Waals surface area contributed by atoms with Gasteiger partial charge < -0.3 is 13.9 Å². The zero-order valence-corrected chi connectivity index (χ0v) is 14.1. The van der Waals surface area contributed by atoms with Gasteiger partial charge in [-0.05, 0) is 47.1 Å². The van der Waals surface area contributed by atoms with Gasteiger partial charge in [0.15, 0.2) is 18.1 Å². The Labute approximate surface area is 142 Å². The molecule has 0 saturated carbocycles. The number of rotatable bonds is 6. The third kappa shape index (κ3) is 3.71. The maximum absolute atomic E-state index is 5.72. The molecule has 0 bridgehead atoms. The first-order valence-corrected chi connectivity index (χ1v) is 7.99. The maximum atomic E-state index is 5.72. The summed E-state index contributed by atoms with van der Waals surface area (Å²) in [5.74, 6) is 2.20. The number of halogens is 1. The van der Waals surface area contributed by atoms with E-state index in [-0.39, 0.29) is 6.61 Å². The smallest absolute Gasteiger partial charge is 0.254 e. The van der Waals surface area contributed by atoms with Gasteiger partial charge in [-0.1, -0.05) is 24.3 Å². The summed E-state index contributed by atoms with van der Waals surface area (Å²) in [5.41, 5.74) is 0.848. The van der Waals surface area contributed by atoms with Crippen molar-refractivity contribution in [2.24, 2.45) is 0 Å². The predicted molar refractivity (Wildman–Crippen MR) is 89.4 cm³/mol. The molecule has 0 spiro atoms. The Balaban J connectivity index is 1.72. The summed E-state index contributed by atoms with van der Waals surface area (Å²) in [6, 6.07) is 15.2. The van der Waals surface area contributed by atoms with Crippen molar-refractivity contribution in [3.63, 3.8) is 0 Å². The molecule has 5 nitrogen and oxygen atoms in total. The highest BCUT2D eigenvalue weighted by Gasteiger charge is 2.12. The number of hydrogen-bond acceptors (Lipinski definition) is 5. The van der Waals surface area contributed by atoms with Crippen molar-refractivity contribution < 1.29 is 13.9 Å². The van der Waals surface area contributed by atoms with Crippen molar-refractivity contribution in [2.45, 2.75) is 13.5 Å². The van der Waals surface area contributed by atoms with E-state index in [1.807, 2.05) is 55.5 Å². The van der Waals surface area contributed by atoms with E-state index < -0.39 is 0 Å². The molecule has 3 aromatic rings. The minimum Gasteiger partial charge on any atom is -0.490 e. The molecule has 3 rings (SSSR count). The molecule has 23 heavy (non-hydrogen) atoms. The number of nitrogens with zero attached hydrogens (tertiary/aromatic N) is 2. The molecule has 0 saturated heterocycles. The summed E-state index contributed by atoms with van der Waals surface area (Å²) >= 11 is 3.47. The first kappa shape index (κ1) is 15.6. The molecule has 6 heteroatoms. The fraction of sp³-hybridized carbons (Fsp3) is 0.176. The second-order valence-electron chi connectivity index (χ2n) is 4.65. The van der Waals surface area contributed by atoms with Crippen LogP contribution in [0.1, 0.15) is 12.8 Å². The van der Waals surface area contributed by atoms with Crippen molar-refractivity contribution in [3.05, 3.63) is 58.9 Å². The van der Waals surface area contributed by atoms with Crippen molar-refractivity contribution in [1.29, 1.82) is 0 Å². The van der Waals surface area contributed by atoms with Gasteiger partial charge in [0.05, 0.1) is 12.2 Å². The molecule has 0 N–H and O–H groups in total. The van der Waals surface area contributed by atoms with Gasteiger partial charge in [-0.3, -0.25) is 0 Å². The fourth-order valence-electron chi connectivity index (χ4n) is 2.04. The molecule has 0 unspecified atom stereocenters. The van der Waals surface area contributed by atoms with E-state index in [1.165, 1.54) is 0 Å². The van der Waals surface area contributed by atoms with Crippen LogP contribution in [0.3, 0.4) is 0 Å². The van der Waals surface area contributed by atoms with E-state index in [9.17, 15) is 0 Å². The second kappa shape index (κ2) is 7.28. The average Bonchev–Trinajstić information content (AvgIpc) is 3.03. The quantitative estimate of drug-likeness (QED) is 0.636. The summed E-state index contributed by atoms with van der Waals surface area (Å²) in [4.78, 5) is 0. The van der Waals surface area contributed by atoms with Gasteiger partial charge in [-0.15, -0.1) is 10.2 Å². The summed E-state index contributed by atoms with van der Waals surface area (Å²) in [6.07, 6.45) is 0. The fourth-order valence-corrected chi connectivity index (χ4v) is 2.49. The SMILES string of the molecule is CCOc1ccccc1OCc1nnc(-c2ccccc2Br)o1. The van der Waals surface area contributed by atoms with Crippen LogP contribution in [0.15, 0.2) is 57.4 Å². The molecule has 2 aromatic carbocycles. The molecule has 118 valence electrons. The average molecular weight is 375 g/mol. The Morgan fingerprint density at radius 3 is 2.39 bits per heavy atom. The van der Waals surface area contributed by atoms with Gasteiger partial charge in [0, 0.05) is 4.47 Å². The largest absolute Gasteiger partial charge is 0.490 e. The third-order valence-corrected chi connectivity index (χ3v) is 3.76. The molecule has 0 radical (unpaired) electrons. The Bertz CT molecular complexity index is 789. The number of aromatic nitrogens is 2. The monoisotopic (exact) mass is 374 g/mol. The minimum atomic E-state index is 0.182. The lowest BCUT2D eigenvalue weighted by molar-refractivity contribution is 0.243. The highest BCUT2D eigenvalue weighted by Crippen LogP contribution is 2.29. The van der Waals surface area contributed by atoms with E-state index in [0.717, 1.165) is 10.0 Å². The van der Waals surface area contributed by atoms with E-state index >= 15 is 0 Å². The molecule has 0 aliphatic heterocycles. The van der Waals surface area contributed by atoms with Crippen LogP contribution in [0, 0.1) is 0 Å². The van der Waals surface area contributed by atoms with Gasteiger partial charge in [-0.25, -0.2) is 0 Å². The lowest BCUT2D eigenvalue weighted by atomic mass is 10.2. The molecule has 1 aromatic heterocycles. The Morgan fingerprint density at radius 1 is 0.957 bits per heavy atom. The van der Waals surface area contributed by atoms with Crippen LogP contribution in [0.2, 0.25) is 0 Å². The second-order valence-corrected chi connectivity index (χ2v) is 5.50. The Morgan fingerprint density at radius 2 is 1.65 bits per heavy atom. The van der Waals surface area contributed by atoms with E-state index in [1.54, 1.807) is 0 Å². The standard InChI is InChI=1S/C17H15BrN2O3/c1-2-21-14-9-5-6-10-15(14)22-11-16-19-20-17(23-16)12-7-3-4-8-13(12)18/h3-10H,2,11H2,1H3. The number of ether oxygens (including phenoxy) is 2. The summed E-state index contributed by atoms with van der Waals surface area (Å²) in [5, 5.41) is 8.08. The number of para-hydroxylation sites is 2. The summed E-state index contributed by atoms with van der Waals surface area (Å²) in [7, 11) is 0. The molecule has 0 fully saturated rings. The topological polar surface area (TPSA) is 57.4 Å². The van der Waals surface area contributed by atoms with Gasteiger partial charge in [0.2, 0.25) is 5.89 Å². The summed E-state index contributed by atoms with van der Waals surface area (Å²) in [6.45, 7) is 2.69. The zero-order chi connectivity index (χ0) is 16.1. The van der Waals surface area contributed by atoms with Crippen LogP contribution < -0.4 is 9.47 Å². The zero-order valence-electron chi connectivity index (χ0n) is 12.5. The van der Waals surface area contributed by atoms with E-state index in [4.69, 9.17) is 13.9 Å². The highest BCUT2D eigenvalue weighted by molar-refractivity contribution is 9.10.